The normalized spacial score (nSPS) is 14.6. The molecule has 0 bridgehead atoms. The number of carbonyl (C=O) groups is 1. The van der Waals surface area contributed by atoms with Gasteiger partial charge in [-0.1, -0.05) is 0 Å². The van der Waals surface area contributed by atoms with Gasteiger partial charge in [0.2, 0.25) is 10.0 Å². The Labute approximate surface area is 165 Å². The van der Waals surface area contributed by atoms with E-state index < -0.39 is 10.0 Å². The van der Waals surface area contributed by atoms with Crippen LogP contribution >= 0.6 is 0 Å². The Bertz CT molecular complexity index is 908. The first-order valence-electron chi connectivity index (χ1n) is 9.07. The number of rotatable bonds is 7. The van der Waals surface area contributed by atoms with Gasteiger partial charge in [0.15, 0.2) is 6.54 Å². The van der Waals surface area contributed by atoms with E-state index in [0.717, 1.165) is 12.8 Å². The lowest BCUT2D eigenvalue weighted by Gasteiger charge is -2.15. The summed E-state index contributed by atoms with van der Waals surface area (Å²) < 4.78 is 31.7. The highest BCUT2D eigenvalue weighted by atomic mass is 32.2. The highest BCUT2D eigenvalue weighted by molar-refractivity contribution is 7.89. The molecule has 28 heavy (non-hydrogen) atoms. The predicted octanol–water partition coefficient (Wildman–Crippen LogP) is 1.37. The first-order valence-corrected chi connectivity index (χ1v) is 10.5. The predicted molar refractivity (Wildman–Crippen MR) is 106 cm³/mol. The van der Waals surface area contributed by atoms with E-state index in [2.05, 4.69) is 10.3 Å². The zero-order chi connectivity index (χ0) is 20.1. The fourth-order valence-corrected chi connectivity index (χ4v) is 4.54. The molecule has 8 nitrogen and oxygen atoms in total. The van der Waals surface area contributed by atoms with Crippen molar-refractivity contribution in [3.63, 3.8) is 0 Å². The van der Waals surface area contributed by atoms with Crippen molar-refractivity contribution in [3.8, 4) is 5.75 Å². The lowest BCUT2D eigenvalue weighted by atomic mass is 10.3. The second-order valence-corrected chi connectivity index (χ2v) is 8.59. The van der Waals surface area contributed by atoms with Crippen LogP contribution < -0.4 is 19.9 Å². The molecule has 0 spiro atoms. The number of nitrogens with one attached hydrogen (secondary N) is 2. The number of aromatic nitrogens is 1. The molecule has 2 aromatic rings. The Balaban J connectivity index is 1.60. The van der Waals surface area contributed by atoms with Crippen LogP contribution in [0.3, 0.4) is 0 Å². The van der Waals surface area contributed by atoms with Crippen LogP contribution in [-0.2, 0) is 14.8 Å². The summed E-state index contributed by atoms with van der Waals surface area (Å²) in [5.41, 5.74) is 0.676. The standard InChI is InChI=1S/C19H24N4O4S/c1-22(14-19(24)21-15-5-7-16(27-2)8-6-15)18-10-9-17(13-20-18)28(25,26)23-11-3-4-12-23/h5-10,13H,3-4,11-12,14H2,1-2H3,(H,21,24)/p+1. The molecule has 1 amide bonds. The Hall–Kier alpha value is -2.65. The molecule has 3 rings (SSSR count). The summed E-state index contributed by atoms with van der Waals surface area (Å²) >= 11 is 0. The van der Waals surface area contributed by atoms with Gasteiger partial charge in [-0.3, -0.25) is 9.69 Å². The SMILES string of the molecule is COc1ccc(NC(=O)CN(C)c2ccc(S(=O)(=O)N3CCCC3)c[nH+]2)cc1. The van der Waals surface area contributed by atoms with E-state index in [1.165, 1.54) is 10.5 Å². The monoisotopic (exact) mass is 405 g/mol. The van der Waals surface area contributed by atoms with Crippen molar-refractivity contribution >= 4 is 27.4 Å². The number of H-pyrrole nitrogens is 1. The third-order valence-corrected chi connectivity index (χ3v) is 6.53. The van der Waals surface area contributed by atoms with Gasteiger partial charge in [-0.2, -0.15) is 4.31 Å². The maximum absolute atomic E-state index is 12.6. The van der Waals surface area contributed by atoms with E-state index in [9.17, 15) is 13.2 Å². The average molecular weight is 406 g/mol. The highest BCUT2D eigenvalue weighted by Gasteiger charge is 2.28. The number of hydrogen-bond donors (Lipinski definition) is 1. The summed E-state index contributed by atoms with van der Waals surface area (Å²) in [6.07, 6.45) is 3.26. The number of aromatic amines is 1. The van der Waals surface area contributed by atoms with Gasteiger partial charge in [0.05, 0.1) is 14.2 Å². The molecule has 1 fully saturated rings. The van der Waals surface area contributed by atoms with Crippen LogP contribution in [0.2, 0.25) is 0 Å². The maximum Gasteiger partial charge on any atom is 0.274 e. The zero-order valence-corrected chi connectivity index (χ0v) is 16.8. The van der Waals surface area contributed by atoms with Crippen LogP contribution in [-0.4, -0.2) is 52.4 Å². The molecule has 150 valence electrons. The Morgan fingerprint density at radius 2 is 1.86 bits per heavy atom. The Morgan fingerprint density at radius 1 is 1.18 bits per heavy atom. The number of nitrogens with zero attached hydrogens (tertiary/aromatic N) is 2. The van der Waals surface area contributed by atoms with Gasteiger partial charge in [-0.15, -0.1) is 0 Å². The first-order chi connectivity index (χ1) is 13.4. The minimum atomic E-state index is -3.46. The van der Waals surface area contributed by atoms with Gasteiger partial charge in [-0.25, -0.2) is 13.4 Å². The third-order valence-electron chi connectivity index (χ3n) is 4.64. The van der Waals surface area contributed by atoms with Crippen LogP contribution in [0.1, 0.15) is 12.8 Å². The molecule has 0 atom stereocenters. The quantitative estimate of drug-likeness (QED) is 0.751. The number of likely N-dealkylation sites (N-methyl/N-ethyl adjacent to an activating group) is 1. The molecule has 0 radical (unpaired) electrons. The van der Waals surface area contributed by atoms with Crippen molar-refractivity contribution in [1.82, 2.24) is 4.31 Å². The van der Waals surface area contributed by atoms with Crippen molar-refractivity contribution in [3.05, 3.63) is 42.6 Å². The van der Waals surface area contributed by atoms with Crippen molar-refractivity contribution in [2.45, 2.75) is 17.7 Å². The van der Waals surface area contributed by atoms with Crippen LogP contribution in [0.15, 0.2) is 47.5 Å². The lowest BCUT2D eigenvalue weighted by Crippen LogP contribution is -2.34. The second-order valence-electron chi connectivity index (χ2n) is 6.65. The van der Waals surface area contributed by atoms with Crippen LogP contribution in [0.25, 0.3) is 0 Å². The van der Waals surface area contributed by atoms with Gasteiger partial charge >= 0.3 is 0 Å². The summed E-state index contributed by atoms with van der Waals surface area (Å²) in [4.78, 5) is 17.2. The number of methoxy groups -OCH3 is 1. The molecule has 1 aromatic carbocycles. The summed E-state index contributed by atoms with van der Waals surface area (Å²) in [6.45, 7) is 1.24. The van der Waals surface area contributed by atoms with Crippen molar-refractivity contribution in [2.75, 3.05) is 44.0 Å². The minimum absolute atomic E-state index is 0.112. The summed E-state index contributed by atoms with van der Waals surface area (Å²) in [5.74, 6) is 1.17. The molecular weight excluding hydrogens is 380 g/mol. The average Bonchev–Trinajstić information content (AvgIpc) is 3.24. The van der Waals surface area contributed by atoms with Crippen molar-refractivity contribution in [2.24, 2.45) is 0 Å². The number of amides is 1. The van der Waals surface area contributed by atoms with E-state index in [0.29, 0.717) is 30.3 Å². The van der Waals surface area contributed by atoms with Crippen molar-refractivity contribution < 1.29 is 22.9 Å². The number of ether oxygens (including phenoxy) is 1. The largest absolute Gasteiger partial charge is 0.497 e. The molecule has 0 saturated carbocycles. The molecule has 1 aliphatic heterocycles. The molecule has 1 aliphatic rings. The molecule has 1 saturated heterocycles. The van der Waals surface area contributed by atoms with Crippen LogP contribution in [0, 0.1) is 0 Å². The Kier molecular flexibility index (Phi) is 6.15. The molecular formula is C19H25N4O4S+. The number of pyridine rings is 1. The van der Waals surface area contributed by atoms with Gasteiger partial charge in [0, 0.05) is 24.8 Å². The molecule has 2 heterocycles. The van der Waals surface area contributed by atoms with E-state index in [-0.39, 0.29) is 17.3 Å². The smallest absolute Gasteiger partial charge is 0.274 e. The van der Waals surface area contributed by atoms with E-state index in [1.807, 2.05) is 0 Å². The van der Waals surface area contributed by atoms with Crippen molar-refractivity contribution in [1.29, 1.82) is 0 Å². The molecule has 0 aliphatic carbocycles. The van der Waals surface area contributed by atoms with Gasteiger partial charge in [-0.05, 0) is 43.2 Å². The topological polar surface area (TPSA) is 93.1 Å². The Morgan fingerprint density at radius 3 is 2.43 bits per heavy atom. The summed E-state index contributed by atoms with van der Waals surface area (Å²) in [6, 6.07) is 10.3. The summed E-state index contributed by atoms with van der Waals surface area (Å²) in [7, 11) is -0.115. The molecule has 0 unspecified atom stereocenters. The number of anilines is 2. The van der Waals surface area contributed by atoms with Gasteiger partial charge < -0.3 is 10.1 Å². The van der Waals surface area contributed by atoms with Crippen LogP contribution in [0.5, 0.6) is 5.75 Å². The van der Waals surface area contributed by atoms with Crippen LogP contribution in [0.4, 0.5) is 11.5 Å². The molecule has 2 N–H and O–H groups in total. The molecule has 1 aromatic heterocycles. The fourth-order valence-electron chi connectivity index (χ4n) is 3.05. The fraction of sp³-hybridized carbons (Fsp3) is 0.368. The first kappa shape index (κ1) is 20.1. The molecule has 9 heteroatoms. The highest BCUT2D eigenvalue weighted by Crippen LogP contribution is 2.20. The maximum atomic E-state index is 12.6. The minimum Gasteiger partial charge on any atom is -0.497 e. The number of sulfonamides is 1. The van der Waals surface area contributed by atoms with E-state index in [1.54, 1.807) is 55.5 Å². The number of hydrogen-bond acceptors (Lipinski definition) is 5. The number of carbonyl (C=O) groups excluding carboxylic acids is 1. The van der Waals surface area contributed by atoms with Gasteiger partial charge in [0.25, 0.3) is 11.7 Å². The second kappa shape index (κ2) is 8.57. The lowest BCUT2D eigenvalue weighted by molar-refractivity contribution is -0.366. The third kappa shape index (κ3) is 4.60. The van der Waals surface area contributed by atoms with Gasteiger partial charge in [0.1, 0.15) is 16.8 Å². The van der Waals surface area contributed by atoms with E-state index >= 15 is 0 Å². The number of benzene rings is 1. The van der Waals surface area contributed by atoms with E-state index in [4.69, 9.17) is 4.74 Å². The zero-order valence-electron chi connectivity index (χ0n) is 16.0. The summed E-state index contributed by atoms with van der Waals surface area (Å²) in [5, 5.41) is 2.81.